The number of carbonyl (C=O) groups excluding carboxylic acids is 1. The van der Waals surface area contributed by atoms with Crippen molar-refractivity contribution in [3.8, 4) is 51.7 Å². The number of Topliss-reactive ketones (excluding diaryl/α,β-unsaturated/α-hetero) is 1. The zero-order chi connectivity index (χ0) is 62.7. The first kappa shape index (κ1) is 64.6. The molecule has 89 heavy (non-hydrogen) atoms. The molecular weight excluding hydrogens is 1160 g/mol. The fraction of sp³-hybridized carbons (Fsp3) is 0.464. The number of halogens is 4. The summed E-state index contributed by atoms with van der Waals surface area (Å²) in [5.41, 5.74) is 5.40. The highest BCUT2D eigenvalue weighted by atomic mass is 19.3. The molecule has 6 aromatic rings. The molecule has 478 valence electrons. The van der Waals surface area contributed by atoms with Crippen LogP contribution in [0.5, 0.6) is 51.7 Å². The van der Waals surface area contributed by atoms with Gasteiger partial charge in [0.25, 0.3) is 0 Å². The van der Waals surface area contributed by atoms with Crippen LogP contribution in [-0.4, -0.2) is 101 Å². The molecule has 1 unspecified atom stereocenters. The van der Waals surface area contributed by atoms with Crippen molar-refractivity contribution in [1.82, 2.24) is 0 Å². The van der Waals surface area contributed by atoms with Crippen LogP contribution in [0.1, 0.15) is 140 Å². The molecule has 0 aromatic heterocycles. The van der Waals surface area contributed by atoms with Crippen LogP contribution in [0.3, 0.4) is 0 Å². The zero-order valence-electron chi connectivity index (χ0n) is 50.4. The number of phenolic OH excluding ortho intramolecular Hbond substituents is 2. The predicted molar refractivity (Wildman–Crippen MR) is 318 cm³/mol. The Morgan fingerprint density at radius 2 is 0.854 bits per heavy atom. The standard InChI is InChI=1S/C23H26F2O5.C23H26O6.C19H18F2O3.C4H8O2/c1-26-13-28-16-5-3-15(4-6-16)22-18-9-10-23(24,25)12-20(18)19-11-17(29-14-27-2)7-8-21(19)30-22;1-25-13-27-17-6-3-15(4-7-17)23-19-9-5-16(24)11-20(19)21-12-18(28-14-26-2)8-10-22(21)29-23;20-19(21)8-7-14-16(10-19)15-9-13(23)5-6-17(15)24-18(14)11-1-3-12(22)4-2-11;5-4-2-1-3-6-4/h3-8,11,18,20,22H,9-10,12-14H2,1-2H3;3-4,6-8,10,12,19-20,23H,5,9,11,13-14H2,1-2H3;1-6,9,14,16,18,22-23H,7-8,10H2;4-5H,1-3H2/t18-,20+,22-;19-,20+,23-;14-,16+,18-;/m111./s1. The Hall–Kier alpha value is -7.33. The number of aliphatic hydroxyl groups excluding tert-OH is 1. The monoisotopic (exact) mass is 1240 g/mol. The summed E-state index contributed by atoms with van der Waals surface area (Å²) >= 11 is 0. The van der Waals surface area contributed by atoms with Gasteiger partial charge in [-0.3, -0.25) is 4.79 Å². The highest BCUT2D eigenvalue weighted by Gasteiger charge is 2.51. The number of aliphatic hydroxyl groups is 1. The minimum absolute atomic E-state index is 0.0412. The number of aromatic hydroxyl groups is 2. The van der Waals surface area contributed by atoms with Gasteiger partial charge in [0, 0.05) is 132 Å². The summed E-state index contributed by atoms with van der Waals surface area (Å²) in [6.45, 7) is 1.41. The van der Waals surface area contributed by atoms with Crippen LogP contribution >= 0.6 is 0 Å². The van der Waals surface area contributed by atoms with Crippen molar-refractivity contribution < 1.29 is 94.5 Å². The SMILES string of the molecule is COCOc1ccc([C@H]2Oc3ccc(OCOC)cc3[C@H]3CC(=O)CC[C@H]32)cc1.COCOc1ccc([C@H]2Oc3ccc(OCOC)cc3[C@H]3CC(F)(F)CC[C@H]32)cc1.OC1CCCO1.Oc1ccc([C@H]2Oc3ccc(O)cc3[C@H]3CC(F)(F)CC[C@H]32)cc1. The fourth-order valence-electron chi connectivity index (χ4n) is 13.3. The van der Waals surface area contributed by atoms with Crippen LogP contribution < -0.4 is 33.2 Å². The number of carbonyl (C=O) groups is 1. The van der Waals surface area contributed by atoms with Gasteiger partial charge in [0.1, 0.15) is 75.8 Å². The molecule has 20 heteroatoms. The number of methoxy groups -OCH3 is 4. The second-order valence-electron chi connectivity index (χ2n) is 23.4. The van der Waals surface area contributed by atoms with Gasteiger partial charge < -0.3 is 72.2 Å². The molecule has 4 aliphatic heterocycles. The van der Waals surface area contributed by atoms with E-state index in [1.807, 2.05) is 72.8 Å². The third kappa shape index (κ3) is 16.2. The lowest BCUT2D eigenvalue weighted by Crippen LogP contribution is -2.38. The molecule has 4 fully saturated rings. The number of alkyl halides is 4. The molecule has 1 saturated heterocycles. The summed E-state index contributed by atoms with van der Waals surface area (Å²) in [7, 11) is 6.29. The average molecular weight is 1240 g/mol. The first-order chi connectivity index (χ1) is 43.0. The molecule has 0 amide bonds. The second kappa shape index (κ2) is 29.5. The van der Waals surface area contributed by atoms with Crippen molar-refractivity contribution in [3.05, 3.63) is 161 Å². The van der Waals surface area contributed by atoms with E-state index in [1.54, 1.807) is 69.9 Å². The molecule has 4 heterocycles. The van der Waals surface area contributed by atoms with Crippen LogP contribution in [0.4, 0.5) is 17.6 Å². The van der Waals surface area contributed by atoms with E-state index >= 15 is 0 Å². The Morgan fingerprint density at radius 1 is 0.472 bits per heavy atom. The fourth-order valence-corrected chi connectivity index (χ4v) is 13.3. The van der Waals surface area contributed by atoms with E-state index in [4.69, 9.17) is 61.9 Å². The normalized spacial score (nSPS) is 25.5. The summed E-state index contributed by atoms with van der Waals surface area (Å²) in [6.07, 6.45) is 2.69. The van der Waals surface area contributed by atoms with Crippen molar-refractivity contribution in [2.24, 2.45) is 17.8 Å². The number of fused-ring (bicyclic) bond motifs is 9. The molecule has 3 saturated carbocycles. The van der Waals surface area contributed by atoms with Gasteiger partial charge in [-0.05, 0) is 133 Å². The molecule has 16 nitrogen and oxygen atoms in total. The Labute approximate surface area is 515 Å². The molecule has 10 atom stereocenters. The lowest BCUT2D eigenvalue weighted by Gasteiger charge is -2.44. The topological polar surface area (TPSA) is 189 Å². The van der Waals surface area contributed by atoms with E-state index in [9.17, 15) is 32.6 Å². The van der Waals surface area contributed by atoms with Crippen molar-refractivity contribution in [3.63, 3.8) is 0 Å². The maximum Gasteiger partial charge on any atom is 0.248 e. The molecular formula is C69H78F4O16. The van der Waals surface area contributed by atoms with Gasteiger partial charge in [-0.25, -0.2) is 17.6 Å². The van der Waals surface area contributed by atoms with Gasteiger partial charge in [-0.2, -0.15) is 0 Å². The van der Waals surface area contributed by atoms with Crippen LogP contribution in [-0.2, 0) is 28.5 Å². The molecule has 6 aromatic carbocycles. The highest BCUT2D eigenvalue weighted by molar-refractivity contribution is 5.80. The maximum absolute atomic E-state index is 14.4. The van der Waals surface area contributed by atoms with Crippen molar-refractivity contribution >= 4 is 5.78 Å². The van der Waals surface area contributed by atoms with E-state index in [-0.39, 0.29) is 118 Å². The Balaban J connectivity index is 0.000000141. The zero-order valence-corrected chi connectivity index (χ0v) is 50.4. The summed E-state index contributed by atoms with van der Waals surface area (Å²) < 4.78 is 122. The predicted octanol–water partition coefficient (Wildman–Crippen LogP) is 14.4. The van der Waals surface area contributed by atoms with Gasteiger partial charge in [-0.15, -0.1) is 0 Å². The van der Waals surface area contributed by atoms with Crippen LogP contribution in [0.15, 0.2) is 127 Å². The summed E-state index contributed by atoms with van der Waals surface area (Å²) in [4.78, 5) is 12.3. The molecule has 3 aliphatic carbocycles. The Bertz CT molecular complexity index is 3250. The summed E-state index contributed by atoms with van der Waals surface area (Å²) in [5, 5.41) is 27.7. The van der Waals surface area contributed by atoms with Gasteiger partial charge in [0.2, 0.25) is 11.8 Å². The van der Waals surface area contributed by atoms with Crippen LogP contribution in [0, 0.1) is 17.8 Å². The highest BCUT2D eigenvalue weighted by Crippen LogP contribution is 2.58. The molecule has 0 spiro atoms. The quantitative estimate of drug-likeness (QED) is 0.0650. The first-order valence-corrected chi connectivity index (χ1v) is 30.2. The van der Waals surface area contributed by atoms with Crippen molar-refractivity contribution in [2.45, 2.75) is 125 Å². The number of rotatable bonds is 15. The number of hydrogen-bond donors (Lipinski definition) is 3. The molecule has 7 aliphatic rings. The van der Waals surface area contributed by atoms with Crippen LogP contribution in [0.25, 0.3) is 0 Å². The number of ketones is 1. The van der Waals surface area contributed by atoms with Gasteiger partial charge in [0.05, 0.1) is 0 Å². The third-order valence-electron chi connectivity index (χ3n) is 17.5. The second-order valence-corrected chi connectivity index (χ2v) is 23.4. The van der Waals surface area contributed by atoms with Crippen molar-refractivity contribution in [2.75, 3.05) is 62.2 Å². The molecule has 0 radical (unpaired) electrons. The minimum atomic E-state index is -2.69. The van der Waals surface area contributed by atoms with E-state index in [2.05, 4.69) is 0 Å². The lowest BCUT2D eigenvalue weighted by atomic mass is 9.68. The number of ether oxygens (including phenoxy) is 12. The Morgan fingerprint density at radius 3 is 1.27 bits per heavy atom. The van der Waals surface area contributed by atoms with E-state index in [0.29, 0.717) is 60.0 Å². The maximum atomic E-state index is 14.4. The smallest absolute Gasteiger partial charge is 0.248 e. The first-order valence-electron chi connectivity index (χ1n) is 30.2. The largest absolute Gasteiger partial charge is 0.508 e. The Kier molecular flexibility index (Phi) is 21.5. The van der Waals surface area contributed by atoms with Gasteiger partial charge in [-0.1, -0.05) is 36.4 Å². The van der Waals surface area contributed by atoms with E-state index < -0.39 is 18.1 Å². The number of phenols is 2. The minimum Gasteiger partial charge on any atom is -0.508 e. The molecule has 0 bridgehead atoms. The number of hydrogen-bond acceptors (Lipinski definition) is 16. The number of benzene rings is 6. The molecule has 3 N–H and O–H groups in total. The van der Waals surface area contributed by atoms with Gasteiger partial charge >= 0.3 is 0 Å². The third-order valence-corrected chi connectivity index (χ3v) is 17.5. The lowest BCUT2D eigenvalue weighted by molar-refractivity contribution is -0.122. The van der Waals surface area contributed by atoms with Crippen LogP contribution in [0.2, 0.25) is 0 Å². The molecule has 13 rings (SSSR count). The van der Waals surface area contributed by atoms with Crippen molar-refractivity contribution in [1.29, 1.82) is 0 Å². The van der Waals surface area contributed by atoms with E-state index in [0.717, 1.165) is 70.9 Å². The average Bonchev–Trinajstić information content (AvgIpc) is 0.959. The van der Waals surface area contributed by atoms with Gasteiger partial charge in [0.15, 0.2) is 33.5 Å². The van der Waals surface area contributed by atoms with E-state index in [1.165, 1.54) is 13.2 Å². The summed E-state index contributed by atoms with van der Waals surface area (Å²) in [5.74, 6) is -0.524. The summed E-state index contributed by atoms with van der Waals surface area (Å²) in [6, 6.07) is 38.1.